The summed E-state index contributed by atoms with van der Waals surface area (Å²) < 4.78 is 34.3. The standard InChI is InChI=1S/C9H10N2O6S/c1-2-15-8-5-3-7(4-6-8)10-9(12)11-16-18(13,14)17-11/h3-6H,2H2,1H3,(H,10,12). The van der Waals surface area contributed by atoms with E-state index in [-0.39, 0.29) is 5.23 Å². The van der Waals surface area contributed by atoms with Crippen LogP contribution in [0.3, 0.4) is 0 Å². The highest BCUT2D eigenvalue weighted by Gasteiger charge is 2.39. The average Bonchev–Trinajstić information content (AvgIpc) is 2.29. The number of benzene rings is 1. The van der Waals surface area contributed by atoms with Crippen molar-refractivity contribution in [2.24, 2.45) is 0 Å². The smallest absolute Gasteiger partial charge is 0.446 e. The van der Waals surface area contributed by atoms with Crippen molar-refractivity contribution < 1.29 is 26.5 Å². The van der Waals surface area contributed by atoms with Crippen LogP contribution in [0.5, 0.6) is 5.75 Å². The number of urea groups is 1. The Labute approximate surface area is 103 Å². The lowest BCUT2D eigenvalue weighted by molar-refractivity contribution is -0.277. The molecule has 0 atom stereocenters. The summed E-state index contributed by atoms with van der Waals surface area (Å²) in [5, 5.41) is 2.60. The number of anilines is 1. The summed E-state index contributed by atoms with van der Waals surface area (Å²) in [6.07, 6.45) is 0. The van der Waals surface area contributed by atoms with Gasteiger partial charge in [0.2, 0.25) is 0 Å². The van der Waals surface area contributed by atoms with Crippen LogP contribution >= 0.6 is 0 Å². The summed E-state index contributed by atoms with van der Waals surface area (Å²) in [5.74, 6) is 0.662. The van der Waals surface area contributed by atoms with Crippen molar-refractivity contribution >= 4 is 22.1 Å². The van der Waals surface area contributed by atoms with Gasteiger partial charge in [-0.1, -0.05) is 8.57 Å². The number of hydrogen-bond acceptors (Lipinski definition) is 6. The van der Waals surface area contributed by atoms with E-state index in [0.29, 0.717) is 18.0 Å². The van der Waals surface area contributed by atoms with E-state index in [1.54, 1.807) is 24.3 Å². The van der Waals surface area contributed by atoms with E-state index in [2.05, 4.69) is 13.9 Å². The molecule has 1 aromatic rings. The van der Waals surface area contributed by atoms with E-state index in [1.165, 1.54) is 0 Å². The zero-order valence-electron chi connectivity index (χ0n) is 9.32. The van der Waals surface area contributed by atoms with E-state index in [0.717, 1.165) is 0 Å². The molecule has 1 saturated heterocycles. The van der Waals surface area contributed by atoms with Gasteiger partial charge in [-0.3, -0.25) is 0 Å². The lowest BCUT2D eigenvalue weighted by Gasteiger charge is -2.25. The number of hydrogen-bond donors (Lipinski definition) is 1. The molecule has 18 heavy (non-hydrogen) atoms. The molecule has 0 aromatic heterocycles. The Morgan fingerprint density at radius 1 is 1.33 bits per heavy atom. The normalized spacial score (nSPS) is 16.8. The van der Waals surface area contributed by atoms with Crippen molar-refractivity contribution in [1.82, 2.24) is 5.23 Å². The van der Waals surface area contributed by atoms with Crippen LogP contribution < -0.4 is 10.1 Å². The van der Waals surface area contributed by atoms with E-state index < -0.39 is 16.4 Å². The molecule has 1 N–H and O–H groups in total. The van der Waals surface area contributed by atoms with E-state index in [9.17, 15) is 13.2 Å². The van der Waals surface area contributed by atoms with Gasteiger partial charge < -0.3 is 10.1 Å². The van der Waals surface area contributed by atoms with Crippen molar-refractivity contribution in [3.05, 3.63) is 24.3 Å². The van der Waals surface area contributed by atoms with Gasteiger partial charge >= 0.3 is 16.4 Å². The van der Waals surface area contributed by atoms with E-state index in [1.807, 2.05) is 6.92 Å². The Hall–Kier alpha value is -1.84. The predicted octanol–water partition coefficient (Wildman–Crippen LogP) is 1.04. The molecule has 1 aromatic carbocycles. The highest BCUT2D eigenvalue weighted by atomic mass is 32.3. The predicted molar refractivity (Wildman–Crippen MR) is 59.6 cm³/mol. The number of amides is 2. The summed E-state index contributed by atoms with van der Waals surface area (Å²) in [6.45, 7) is 2.40. The second-order valence-electron chi connectivity index (χ2n) is 3.20. The highest BCUT2D eigenvalue weighted by Crippen LogP contribution is 2.20. The molecule has 8 nitrogen and oxygen atoms in total. The molecule has 0 spiro atoms. The fourth-order valence-electron chi connectivity index (χ4n) is 1.21. The molecule has 2 amide bonds. The van der Waals surface area contributed by atoms with Crippen LogP contribution in [0.4, 0.5) is 10.5 Å². The first-order valence-corrected chi connectivity index (χ1v) is 6.31. The number of carbonyl (C=O) groups excluding carboxylic acids is 1. The Kier molecular flexibility index (Phi) is 3.36. The Morgan fingerprint density at radius 2 is 1.94 bits per heavy atom. The minimum atomic E-state index is -4.04. The number of ether oxygens (including phenoxy) is 1. The molecule has 0 aliphatic carbocycles. The largest absolute Gasteiger partial charge is 0.494 e. The lowest BCUT2D eigenvalue weighted by atomic mass is 10.3. The number of nitrogens with one attached hydrogen (secondary N) is 1. The first-order chi connectivity index (χ1) is 8.50. The lowest BCUT2D eigenvalue weighted by Crippen LogP contribution is -2.47. The zero-order chi connectivity index (χ0) is 13.2. The van der Waals surface area contributed by atoms with Crippen LogP contribution in [-0.4, -0.2) is 26.3 Å². The molecule has 0 radical (unpaired) electrons. The van der Waals surface area contributed by atoms with Crippen LogP contribution in [0, 0.1) is 0 Å². The van der Waals surface area contributed by atoms with Crippen LogP contribution in [0.2, 0.25) is 0 Å². The van der Waals surface area contributed by atoms with Crippen LogP contribution in [0.1, 0.15) is 6.92 Å². The molecule has 2 rings (SSSR count). The minimum Gasteiger partial charge on any atom is -0.494 e. The first-order valence-electron chi connectivity index (χ1n) is 4.98. The molecular weight excluding hydrogens is 264 g/mol. The van der Waals surface area contributed by atoms with Crippen molar-refractivity contribution in [3.63, 3.8) is 0 Å². The molecule has 0 bridgehead atoms. The van der Waals surface area contributed by atoms with Crippen molar-refractivity contribution in [1.29, 1.82) is 0 Å². The summed E-state index contributed by atoms with van der Waals surface area (Å²) in [6, 6.07) is 5.66. The first kappa shape index (κ1) is 12.6. The van der Waals surface area contributed by atoms with Crippen LogP contribution in [0.15, 0.2) is 24.3 Å². The molecule has 98 valence electrons. The Balaban J connectivity index is 1.91. The quantitative estimate of drug-likeness (QED) is 0.885. The highest BCUT2D eigenvalue weighted by molar-refractivity contribution is 7.82. The maximum Gasteiger partial charge on any atom is 0.446 e. The maximum absolute atomic E-state index is 11.4. The average molecular weight is 274 g/mol. The monoisotopic (exact) mass is 274 g/mol. The van der Waals surface area contributed by atoms with Crippen molar-refractivity contribution in [2.75, 3.05) is 11.9 Å². The van der Waals surface area contributed by atoms with Crippen LogP contribution in [0.25, 0.3) is 0 Å². The second kappa shape index (κ2) is 4.80. The molecule has 1 aliphatic rings. The van der Waals surface area contributed by atoms with E-state index in [4.69, 9.17) is 4.74 Å². The topological polar surface area (TPSA) is 94.2 Å². The number of carbonyl (C=O) groups is 1. The van der Waals surface area contributed by atoms with Crippen LogP contribution in [-0.2, 0) is 19.0 Å². The summed E-state index contributed by atoms with van der Waals surface area (Å²) >= 11 is 0. The molecular formula is C9H10N2O6S. The number of rotatable bonds is 3. The molecule has 1 fully saturated rings. The van der Waals surface area contributed by atoms with E-state index >= 15 is 0 Å². The molecule has 1 heterocycles. The summed E-state index contributed by atoms with van der Waals surface area (Å²) in [4.78, 5) is 11.4. The molecule has 9 heteroatoms. The third kappa shape index (κ3) is 2.88. The van der Waals surface area contributed by atoms with Gasteiger partial charge in [0.05, 0.1) is 6.61 Å². The minimum absolute atomic E-state index is 0.228. The fourth-order valence-corrected chi connectivity index (χ4v) is 1.69. The van der Waals surface area contributed by atoms with Crippen molar-refractivity contribution in [3.8, 4) is 5.75 Å². The third-order valence-electron chi connectivity index (χ3n) is 1.90. The summed E-state index contributed by atoms with van der Waals surface area (Å²) in [5.41, 5.74) is 0.444. The SMILES string of the molecule is CCOc1ccc(NC(=O)N2OS(=O)(=O)O2)cc1. The van der Waals surface area contributed by atoms with Gasteiger partial charge in [0.25, 0.3) is 0 Å². The Bertz CT molecular complexity index is 529. The second-order valence-corrected chi connectivity index (χ2v) is 4.32. The maximum atomic E-state index is 11.4. The van der Waals surface area contributed by atoms with Gasteiger partial charge in [-0.15, -0.1) is 0 Å². The van der Waals surface area contributed by atoms with Gasteiger partial charge in [-0.2, -0.15) is 8.42 Å². The molecule has 0 saturated carbocycles. The van der Waals surface area contributed by atoms with Gasteiger partial charge in [0, 0.05) is 5.69 Å². The summed E-state index contributed by atoms with van der Waals surface area (Å²) in [7, 11) is -4.04. The third-order valence-corrected chi connectivity index (χ3v) is 2.54. The van der Waals surface area contributed by atoms with Gasteiger partial charge in [-0.05, 0) is 36.4 Å². The van der Waals surface area contributed by atoms with Gasteiger partial charge in [0.15, 0.2) is 0 Å². The fraction of sp³-hybridized carbons (Fsp3) is 0.222. The Morgan fingerprint density at radius 3 is 2.44 bits per heavy atom. The zero-order valence-corrected chi connectivity index (χ0v) is 10.1. The number of nitrogens with zero attached hydrogens (tertiary/aromatic N) is 1. The number of hydroxylamine groups is 2. The van der Waals surface area contributed by atoms with Gasteiger partial charge in [0.1, 0.15) is 5.75 Å². The molecule has 0 unspecified atom stereocenters. The van der Waals surface area contributed by atoms with Gasteiger partial charge in [-0.25, -0.2) is 4.79 Å². The van der Waals surface area contributed by atoms with Crippen molar-refractivity contribution in [2.45, 2.75) is 6.92 Å². The molecule has 1 aliphatic heterocycles.